The third kappa shape index (κ3) is 3.91. The first kappa shape index (κ1) is 14.8. The fraction of sp³-hybridized carbons (Fsp3) is 0.176. The van der Waals surface area contributed by atoms with Crippen molar-refractivity contribution >= 4 is 11.6 Å². The second kappa shape index (κ2) is 6.69. The number of carbonyl (C=O) groups excluding carboxylic acids is 1. The Morgan fingerprint density at radius 2 is 2.10 bits per heavy atom. The number of aliphatic hydroxyl groups is 1. The smallest absolute Gasteiger partial charge is 0.255 e. The van der Waals surface area contributed by atoms with Crippen molar-refractivity contribution in [1.29, 1.82) is 0 Å². The molecule has 21 heavy (non-hydrogen) atoms. The van der Waals surface area contributed by atoms with E-state index in [9.17, 15) is 4.79 Å². The first-order valence-corrected chi connectivity index (χ1v) is 6.54. The van der Waals surface area contributed by atoms with Crippen molar-refractivity contribution in [3.8, 4) is 11.8 Å². The van der Waals surface area contributed by atoms with E-state index in [0.29, 0.717) is 16.8 Å². The number of anilines is 1. The molecule has 106 valence electrons. The van der Waals surface area contributed by atoms with Gasteiger partial charge in [-0.2, -0.15) is 0 Å². The van der Waals surface area contributed by atoms with Gasteiger partial charge < -0.3 is 10.4 Å². The van der Waals surface area contributed by atoms with E-state index in [2.05, 4.69) is 22.1 Å². The first-order chi connectivity index (χ1) is 10.1. The van der Waals surface area contributed by atoms with Gasteiger partial charge in [0, 0.05) is 28.7 Å². The summed E-state index contributed by atoms with van der Waals surface area (Å²) in [6.45, 7) is 3.54. The quantitative estimate of drug-likeness (QED) is 0.830. The van der Waals surface area contributed by atoms with Gasteiger partial charge in [0.2, 0.25) is 0 Å². The molecule has 2 N–H and O–H groups in total. The largest absolute Gasteiger partial charge is 0.384 e. The Balaban J connectivity index is 2.26. The molecule has 0 saturated carbocycles. The Bertz CT molecular complexity index is 727. The van der Waals surface area contributed by atoms with Crippen LogP contribution in [0.2, 0.25) is 0 Å². The van der Waals surface area contributed by atoms with Gasteiger partial charge in [-0.05, 0) is 43.7 Å². The van der Waals surface area contributed by atoms with Gasteiger partial charge in [0.05, 0.1) is 0 Å². The maximum absolute atomic E-state index is 12.3. The van der Waals surface area contributed by atoms with E-state index in [4.69, 9.17) is 5.11 Å². The molecule has 0 unspecified atom stereocenters. The van der Waals surface area contributed by atoms with Crippen molar-refractivity contribution in [2.75, 3.05) is 11.9 Å². The van der Waals surface area contributed by atoms with Gasteiger partial charge in [-0.1, -0.05) is 17.9 Å². The van der Waals surface area contributed by atoms with Crippen molar-refractivity contribution in [2.24, 2.45) is 0 Å². The molecular weight excluding hydrogens is 264 g/mol. The maximum Gasteiger partial charge on any atom is 0.255 e. The predicted molar refractivity (Wildman–Crippen MR) is 82.1 cm³/mol. The van der Waals surface area contributed by atoms with E-state index in [1.165, 1.54) is 0 Å². The highest BCUT2D eigenvalue weighted by Gasteiger charge is 2.10. The Morgan fingerprint density at radius 1 is 1.29 bits per heavy atom. The van der Waals surface area contributed by atoms with Crippen LogP contribution in [-0.2, 0) is 0 Å². The summed E-state index contributed by atoms with van der Waals surface area (Å²) < 4.78 is 0. The molecule has 4 nitrogen and oxygen atoms in total. The van der Waals surface area contributed by atoms with E-state index >= 15 is 0 Å². The number of hydrogen-bond acceptors (Lipinski definition) is 3. The summed E-state index contributed by atoms with van der Waals surface area (Å²) >= 11 is 0. The zero-order valence-corrected chi connectivity index (χ0v) is 12.0. The number of benzene rings is 1. The van der Waals surface area contributed by atoms with Crippen LogP contribution in [0.5, 0.6) is 0 Å². The molecule has 0 saturated heterocycles. The lowest BCUT2D eigenvalue weighted by molar-refractivity contribution is 0.102. The lowest BCUT2D eigenvalue weighted by Gasteiger charge is -2.08. The van der Waals surface area contributed by atoms with Gasteiger partial charge >= 0.3 is 0 Å². The minimum absolute atomic E-state index is 0.189. The lowest BCUT2D eigenvalue weighted by Crippen LogP contribution is -2.13. The Labute approximate surface area is 123 Å². The van der Waals surface area contributed by atoms with Crippen molar-refractivity contribution < 1.29 is 9.90 Å². The van der Waals surface area contributed by atoms with E-state index in [-0.39, 0.29) is 12.5 Å². The summed E-state index contributed by atoms with van der Waals surface area (Å²) in [5, 5.41) is 11.6. The normalized spacial score (nSPS) is 9.67. The van der Waals surface area contributed by atoms with Crippen LogP contribution < -0.4 is 5.32 Å². The molecule has 0 bridgehead atoms. The molecule has 2 aromatic rings. The van der Waals surface area contributed by atoms with Crippen LogP contribution >= 0.6 is 0 Å². The number of aliphatic hydroxyl groups excluding tert-OH is 1. The zero-order valence-electron chi connectivity index (χ0n) is 12.0. The van der Waals surface area contributed by atoms with Gasteiger partial charge in [0.15, 0.2) is 0 Å². The van der Waals surface area contributed by atoms with Crippen molar-refractivity contribution in [1.82, 2.24) is 4.98 Å². The molecule has 0 radical (unpaired) electrons. The summed E-state index contributed by atoms with van der Waals surface area (Å²) in [6, 6.07) is 8.94. The number of pyridine rings is 1. The van der Waals surface area contributed by atoms with Gasteiger partial charge in [-0.3, -0.25) is 9.78 Å². The highest BCUT2D eigenvalue weighted by molar-refractivity contribution is 6.05. The van der Waals surface area contributed by atoms with Crippen LogP contribution in [0.1, 0.15) is 27.2 Å². The van der Waals surface area contributed by atoms with Gasteiger partial charge in [-0.15, -0.1) is 0 Å². The fourth-order valence-corrected chi connectivity index (χ4v) is 1.91. The second-order valence-corrected chi connectivity index (χ2v) is 4.63. The van der Waals surface area contributed by atoms with Gasteiger partial charge in [0.1, 0.15) is 6.61 Å². The Kier molecular flexibility index (Phi) is 4.70. The lowest BCUT2D eigenvalue weighted by atomic mass is 10.0. The van der Waals surface area contributed by atoms with Crippen LogP contribution in [0.4, 0.5) is 5.69 Å². The standard InChI is InChI=1S/C17H16N2O2/c1-12-5-6-14(4-3-9-20)11-16(12)17(21)19-15-7-8-18-13(2)10-15/h5-8,10-11,20H,9H2,1-2H3,(H,18,19,21). The molecule has 0 aliphatic carbocycles. The second-order valence-electron chi connectivity index (χ2n) is 4.63. The Hall–Kier alpha value is -2.64. The molecule has 0 fully saturated rings. The average molecular weight is 280 g/mol. The number of carbonyl (C=O) groups is 1. The molecule has 0 atom stereocenters. The number of amides is 1. The summed E-state index contributed by atoms with van der Waals surface area (Å²) in [7, 11) is 0. The molecule has 0 aliphatic heterocycles. The summed E-state index contributed by atoms with van der Waals surface area (Å²) in [5.74, 6) is 5.18. The number of nitrogens with one attached hydrogen (secondary N) is 1. The molecule has 1 aromatic carbocycles. The van der Waals surface area contributed by atoms with Gasteiger partial charge in [-0.25, -0.2) is 0 Å². The Morgan fingerprint density at radius 3 is 2.81 bits per heavy atom. The first-order valence-electron chi connectivity index (χ1n) is 6.54. The van der Waals surface area contributed by atoms with E-state index < -0.39 is 0 Å². The highest BCUT2D eigenvalue weighted by atomic mass is 16.2. The minimum atomic E-state index is -0.203. The van der Waals surface area contributed by atoms with E-state index in [1.54, 1.807) is 18.3 Å². The van der Waals surface area contributed by atoms with Crippen LogP contribution in [0.15, 0.2) is 36.5 Å². The van der Waals surface area contributed by atoms with Crippen LogP contribution in [0.25, 0.3) is 0 Å². The monoisotopic (exact) mass is 280 g/mol. The molecule has 1 amide bonds. The van der Waals surface area contributed by atoms with Gasteiger partial charge in [0.25, 0.3) is 5.91 Å². The maximum atomic E-state index is 12.3. The highest BCUT2D eigenvalue weighted by Crippen LogP contribution is 2.14. The number of aromatic nitrogens is 1. The van der Waals surface area contributed by atoms with Crippen LogP contribution in [-0.4, -0.2) is 22.6 Å². The minimum Gasteiger partial charge on any atom is -0.384 e. The number of nitrogens with zero attached hydrogens (tertiary/aromatic N) is 1. The SMILES string of the molecule is Cc1cc(NC(=O)c2cc(C#CCO)ccc2C)ccn1. The summed E-state index contributed by atoms with van der Waals surface area (Å²) in [4.78, 5) is 16.4. The number of rotatable bonds is 2. The molecular formula is C17H16N2O2. The van der Waals surface area contributed by atoms with Crippen molar-refractivity contribution in [3.05, 3.63) is 58.9 Å². The fourth-order valence-electron chi connectivity index (χ4n) is 1.91. The third-order valence-electron chi connectivity index (χ3n) is 2.95. The van der Waals surface area contributed by atoms with E-state index in [1.807, 2.05) is 32.0 Å². The van der Waals surface area contributed by atoms with Crippen LogP contribution in [0.3, 0.4) is 0 Å². The molecule has 1 heterocycles. The molecule has 0 spiro atoms. The summed E-state index contributed by atoms with van der Waals surface area (Å²) in [6.07, 6.45) is 1.65. The average Bonchev–Trinajstić information content (AvgIpc) is 2.46. The third-order valence-corrected chi connectivity index (χ3v) is 2.95. The molecule has 2 rings (SSSR count). The predicted octanol–water partition coefficient (Wildman–Crippen LogP) is 2.29. The molecule has 0 aliphatic rings. The number of aryl methyl sites for hydroxylation is 2. The topological polar surface area (TPSA) is 62.2 Å². The van der Waals surface area contributed by atoms with Crippen LogP contribution in [0, 0.1) is 25.7 Å². The number of hydrogen-bond donors (Lipinski definition) is 2. The molecule has 1 aromatic heterocycles. The van der Waals surface area contributed by atoms with Crippen molar-refractivity contribution in [3.63, 3.8) is 0 Å². The zero-order chi connectivity index (χ0) is 15.2. The molecule has 4 heteroatoms. The van der Waals surface area contributed by atoms with Crippen molar-refractivity contribution in [2.45, 2.75) is 13.8 Å². The summed E-state index contributed by atoms with van der Waals surface area (Å²) in [5.41, 5.74) is 3.68. The van der Waals surface area contributed by atoms with E-state index in [0.717, 1.165) is 11.3 Å².